The fourth-order valence-electron chi connectivity index (χ4n) is 6.00. The van der Waals surface area contributed by atoms with E-state index in [2.05, 4.69) is 50.0 Å². The van der Waals surface area contributed by atoms with Gasteiger partial charge in [0.25, 0.3) is 5.91 Å². The Kier molecular flexibility index (Phi) is 5.48. The van der Waals surface area contributed by atoms with Crippen LogP contribution in [-0.2, 0) is 9.59 Å². The molecule has 1 aromatic rings. The fourth-order valence-corrected chi connectivity index (χ4v) is 6.00. The van der Waals surface area contributed by atoms with E-state index < -0.39 is 11.6 Å². The number of benzene rings is 1. The summed E-state index contributed by atoms with van der Waals surface area (Å²) in [5.74, 6) is -0.0460. The van der Waals surface area contributed by atoms with Gasteiger partial charge in [0.05, 0.1) is 0 Å². The lowest BCUT2D eigenvalue weighted by molar-refractivity contribution is -0.140. The van der Waals surface area contributed by atoms with Crippen molar-refractivity contribution in [3.05, 3.63) is 29.8 Å². The fraction of sp³-hybridized carbons (Fsp3) is 0.625. The normalized spacial score (nSPS) is 28.3. The molecule has 4 amide bonds. The third kappa shape index (κ3) is 4.14. The molecule has 0 bridgehead atoms. The molecule has 1 N–H and O–H groups in total. The van der Waals surface area contributed by atoms with Crippen molar-refractivity contribution in [1.82, 2.24) is 15.1 Å². The van der Waals surface area contributed by atoms with Gasteiger partial charge in [-0.05, 0) is 49.1 Å². The zero-order valence-electron chi connectivity index (χ0n) is 19.1. The SMILES string of the molecule is Cc1ccccc1N1CCN(C(=O)CN2C(=O)N[C@]3(C[C@H](C)CC(C)(C)C3)C2=O)CC1. The van der Waals surface area contributed by atoms with E-state index in [1.165, 1.54) is 11.3 Å². The lowest BCUT2D eigenvalue weighted by Crippen LogP contribution is -2.55. The molecule has 2 aliphatic heterocycles. The summed E-state index contributed by atoms with van der Waals surface area (Å²) in [5, 5.41) is 2.96. The van der Waals surface area contributed by atoms with Crippen LogP contribution in [0.5, 0.6) is 0 Å². The second-order valence-corrected chi connectivity index (χ2v) is 10.4. The number of carbonyl (C=O) groups excluding carboxylic acids is 3. The molecule has 1 aromatic carbocycles. The average molecular weight is 427 g/mol. The van der Waals surface area contributed by atoms with Crippen LogP contribution in [0, 0.1) is 18.3 Å². The number of nitrogens with one attached hydrogen (secondary N) is 1. The molecule has 3 aliphatic rings. The van der Waals surface area contributed by atoms with Gasteiger partial charge in [0.2, 0.25) is 5.91 Å². The van der Waals surface area contributed by atoms with Crippen LogP contribution in [-0.4, -0.2) is 65.9 Å². The number of urea groups is 1. The molecule has 0 aromatic heterocycles. The Morgan fingerprint density at radius 1 is 1.10 bits per heavy atom. The van der Waals surface area contributed by atoms with Crippen molar-refractivity contribution in [3.8, 4) is 0 Å². The van der Waals surface area contributed by atoms with Crippen LogP contribution in [0.2, 0.25) is 0 Å². The van der Waals surface area contributed by atoms with Gasteiger partial charge in [-0.2, -0.15) is 0 Å². The Hall–Kier alpha value is -2.57. The minimum Gasteiger partial charge on any atom is -0.368 e. The lowest BCUT2D eigenvalue weighted by Gasteiger charge is -2.43. The molecule has 31 heavy (non-hydrogen) atoms. The van der Waals surface area contributed by atoms with Gasteiger partial charge in [0, 0.05) is 31.9 Å². The molecule has 2 atom stereocenters. The number of imide groups is 1. The number of rotatable bonds is 3. The molecule has 2 saturated heterocycles. The standard InChI is InChI=1S/C24H34N4O3/c1-17-13-23(3,4)16-24(14-17)21(30)28(22(31)25-24)15-20(29)27-11-9-26(10-12-27)19-8-6-5-7-18(19)2/h5-8,17H,9-16H2,1-4H3,(H,25,31)/t17-,24+/m1/s1. The molecular weight excluding hydrogens is 392 g/mol. The molecule has 1 aliphatic carbocycles. The highest BCUT2D eigenvalue weighted by Crippen LogP contribution is 2.46. The Morgan fingerprint density at radius 2 is 1.77 bits per heavy atom. The first kappa shape index (κ1) is 21.7. The zero-order valence-corrected chi connectivity index (χ0v) is 19.1. The van der Waals surface area contributed by atoms with Gasteiger partial charge in [0.15, 0.2) is 0 Å². The predicted octanol–water partition coefficient (Wildman–Crippen LogP) is 2.78. The van der Waals surface area contributed by atoms with Gasteiger partial charge in [0.1, 0.15) is 12.1 Å². The molecule has 3 fully saturated rings. The van der Waals surface area contributed by atoms with E-state index in [4.69, 9.17) is 0 Å². The molecule has 7 nitrogen and oxygen atoms in total. The minimum absolute atomic E-state index is 0.0213. The van der Waals surface area contributed by atoms with Crippen molar-refractivity contribution in [3.63, 3.8) is 0 Å². The monoisotopic (exact) mass is 426 g/mol. The highest BCUT2D eigenvalue weighted by atomic mass is 16.2. The number of anilines is 1. The maximum atomic E-state index is 13.3. The first-order valence-corrected chi connectivity index (χ1v) is 11.3. The topological polar surface area (TPSA) is 73.0 Å². The van der Waals surface area contributed by atoms with E-state index in [1.54, 1.807) is 4.90 Å². The molecule has 0 unspecified atom stereocenters. The number of aryl methyl sites for hydroxylation is 1. The largest absolute Gasteiger partial charge is 0.368 e. The van der Waals surface area contributed by atoms with Crippen LogP contribution in [0.15, 0.2) is 24.3 Å². The number of carbonyl (C=O) groups is 3. The maximum absolute atomic E-state index is 13.3. The third-order valence-electron chi connectivity index (χ3n) is 7.01. The molecule has 0 radical (unpaired) electrons. The molecule has 2 heterocycles. The Balaban J connectivity index is 1.39. The van der Waals surface area contributed by atoms with Crippen LogP contribution in [0.4, 0.5) is 10.5 Å². The van der Waals surface area contributed by atoms with E-state index in [-0.39, 0.29) is 23.8 Å². The summed E-state index contributed by atoms with van der Waals surface area (Å²) in [6.45, 7) is 11.0. The number of para-hydroxylation sites is 1. The van der Waals surface area contributed by atoms with Gasteiger partial charge in [-0.1, -0.05) is 39.0 Å². The van der Waals surface area contributed by atoms with Gasteiger partial charge in [-0.3, -0.25) is 14.5 Å². The zero-order chi connectivity index (χ0) is 22.4. The maximum Gasteiger partial charge on any atom is 0.325 e. The highest BCUT2D eigenvalue weighted by Gasteiger charge is 2.56. The van der Waals surface area contributed by atoms with Crippen LogP contribution in [0.3, 0.4) is 0 Å². The van der Waals surface area contributed by atoms with E-state index in [1.807, 2.05) is 12.1 Å². The number of piperazine rings is 1. The summed E-state index contributed by atoms with van der Waals surface area (Å²) >= 11 is 0. The van der Waals surface area contributed by atoms with E-state index in [9.17, 15) is 14.4 Å². The molecule has 7 heteroatoms. The van der Waals surface area contributed by atoms with Crippen LogP contribution in [0.25, 0.3) is 0 Å². The van der Waals surface area contributed by atoms with Crippen molar-refractivity contribution >= 4 is 23.5 Å². The number of amides is 4. The number of hydrogen-bond acceptors (Lipinski definition) is 4. The van der Waals surface area contributed by atoms with Gasteiger partial charge in [-0.25, -0.2) is 4.79 Å². The van der Waals surface area contributed by atoms with Crippen molar-refractivity contribution < 1.29 is 14.4 Å². The van der Waals surface area contributed by atoms with E-state index in [0.29, 0.717) is 31.8 Å². The van der Waals surface area contributed by atoms with Crippen molar-refractivity contribution in [2.75, 3.05) is 37.6 Å². The minimum atomic E-state index is -0.859. The van der Waals surface area contributed by atoms with Crippen molar-refractivity contribution in [2.24, 2.45) is 11.3 Å². The lowest BCUT2D eigenvalue weighted by atomic mass is 9.64. The Bertz CT molecular complexity index is 891. The van der Waals surface area contributed by atoms with Gasteiger partial charge in [-0.15, -0.1) is 0 Å². The molecule has 1 saturated carbocycles. The van der Waals surface area contributed by atoms with E-state index >= 15 is 0 Å². The second kappa shape index (κ2) is 7.84. The molecule has 1 spiro atoms. The summed E-state index contributed by atoms with van der Waals surface area (Å²) in [7, 11) is 0. The molecule has 4 rings (SSSR count). The summed E-state index contributed by atoms with van der Waals surface area (Å²) in [5.41, 5.74) is 1.53. The number of hydrogen-bond donors (Lipinski definition) is 1. The first-order chi connectivity index (χ1) is 14.6. The summed E-state index contributed by atoms with van der Waals surface area (Å²) in [6.07, 6.45) is 2.29. The quantitative estimate of drug-likeness (QED) is 0.755. The third-order valence-corrected chi connectivity index (χ3v) is 7.01. The predicted molar refractivity (Wildman–Crippen MR) is 120 cm³/mol. The molecule has 168 valence electrons. The summed E-state index contributed by atoms with van der Waals surface area (Å²) in [6, 6.07) is 7.82. The summed E-state index contributed by atoms with van der Waals surface area (Å²) < 4.78 is 0. The molecular formula is C24H34N4O3. The van der Waals surface area contributed by atoms with Gasteiger partial charge < -0.3 is 15.1 Å². The second-order valence-electron chi connectivity index (χ2n) is 10.4. The highest BCUT2D eigenvalue weighted by molar-refractivity contribution is 6.09. The van der Waals surface area contributed by atoms with Crippen molar-refractivity contribution in [1.29, 1.82) is 0 Å². The van der Waals surface area contributed by atoms with Gasteiger partial charge >= 0.3 is 6.03 Å². The van der Waals surface area contributed by atoms with Crippen molar-refractivity contribution in [2.45, 2.75) is 52.5 Å². The van der Waals surface area contributed by atoms with Crippen LogP contribution >= 0.6 is 0 Å². The smallest absolute Gasteiger partial charge is 0.325 e. The van der Waals surface area contributed by atoms with E-state index in [0.717, 1.165) is 24.4 Å². The summed E-state index contributed by atoms with van der Waals surface area (Å²) in [4.78, 5) is 44.1. The first-order valence-electron chi connectivity index (χ1n) is 11.3. The number of nitrogens with zero attached hydrogens (tertiary/aromatic N) is 3. The van der Waals surface area contributed by atoms with Crippen LogP contribution < -0.4 is 10.2 Å². The Labute approximate surface area is 184 Å². The van der Waals surface area contributed by atoms with Crippen LogP contribution in [0.1, 0.15) is 45.6 Å². The Morgan fingerprint density at radius 3 is 2.42 bits per heavy atom. The average Bonchev–Trinajstić information content (AvgIpc) is 2.90.